The van der Waals surface area contributed by atoms with Crippen molar-refractivity contribution in [3.8, 4) is 0 Å². The first kappa shape index (κ1) is 19.8. The normalized spacial score (nSPS) is 19.2. The SMILES string of the molecule is CC(c1cccc(F)c1)[C@H]1CN(Cc2ccccc2)CCN1Cc1ccccc1. The van der Waals surface area contributed by atoms with E-state index in [2.05, 4.69) is 83.5 Å². The summed E-state index contributed by atoms with van der Waals surface area (Å²) in [5.74, 6) is 0.105. The molecule has 3 aromatic rings. The fraction of sp³-hybridized carbons (Fsp3) is 0.308. The van der Waals surface area contributed by atoms with Crippen molar-refractivity contribution < 1.29 is 4.39 Å². The molecule has 29 heavy (non-hydrogen) atoms. The molecule has 3 heteroatoms. The van der Waals surface area contributed by atoms with Crippen LogP contribution in [0.15, 0.2) is 84.9 Å². The second kappa shape index (κ2) is 9.34. The Kier molecular flexibility index (Phi) is 6.38. The van der Waals surface area contributed by atoms with E-state index in [1.165, 1.54) is 17.2 Å². The smallest absolute Gasteiger partial charge is 0.123 e. The minimum atomic E-state index is -0.152. The highest BCUT2D eigenvalue weighted by molar-refractivity contribution is 5.23. The van der Waals surface area contributed by atoms with Gasteiger partial charge in [0.15, 0.2) is 0 Å². The maximum absolute atomic E-state index is 13.9. The van der Waals surface area contributed by atoms with Crippen LogP contribution in [0, 0.1) is 5.82 Å². The van der Waals surface area contributed by atoms with Crippen LogP contribution in [0.1, 0.15) is 29.5 Å². The van der Waals surface area contributed by atoms with E-state index >= 15 is 0 Å². The highest BCUT2D eigenvalue weighted by Crippen LogP contribution is 2.28. The fourth-order valence-corrected chi connectivity index (χ4v) is 4.39. The number of piperazine rings is 1. The van der Waals surface area contributed by atoms with Crippen molar-refractivity contribution in [1.82, 2.24) is 9.80 Å². The molecule has 4 rings (SSSR count). The first-order valence-electron chi connectivity index (χ1n) is 10.5. The van der Waals surface area contributed by atoms with E-state index < -0.39 is 0 Å². The Hall–Kier alpha value is -2.49. The molecule has 1 aliphatic heterocycles. The quantitative estimate of drug-likeness (QED) is 0.564. The molecule has 0 spiro atoms. The van der Waals surface area contributed by atoms with Gasteiger partial charge in [0.2, 0.25) is 0 Å². The molecular formula is C26H29FN2. The molecule has 1 fully saturated rings. The van der Waals surface area contributed by atoms with Crippen LogP contribution in [0.2, 0.25) is 0 Å². The van der Waals surface area contributed by atoms with Crippen molar-refractivity contribution >= 4 is 0 Å². The Morgan fingerprint density at radius 3 is 2.14 bits per heavy atom. The van der Waals surface area contributed by atoms with E-state index in [0.717, 1.165) is 38.3 Å². The van der Waals surface area contributed by atoms with E-state index in [1.54, 1.807) is 6.07 Å². The van der Waals surface area contributed by atoms with Crippen LogP contribution in [0.4, 0.5) is 4.39 Å². The molecule has 1 heterocycles. The lowest BCUT2D eigenvalue weighted by atomic mass is 9.90. The highest BCUT2D eigenvalue weighted by atomic mass is 19.1. The zero-order valence-electron chi connectivity index (χ0n) is 17.0. The number of hydrogen-bond donors (Lipinski definition) is 0. The van der Waals surface area contributed by atoms with Gasteiger partial charge in [0.25, 0.3) is 0 Å². The number of rotatable bonds is 6. The Morgan fingerprint density at radius 1 is 0.828 bits per heavy atom. The summed E-state index contributed by atoms with van der Waals surface area (Å²) in [6, 6.07) is 28.8. The van der Waals surface area contributed by atoms with Crippen molar-refractivity contribution in [2.75, 3.05) is 19.6 Å². The van der Waals surface area contributed by atoms with Gasteiger partial charge >= 0.3 is 0 Å². The first-order valence-corrected chi connectivity index (χ1v) is 10.5. The summed E-state index contributed by atoms with van der Waals surface area (Å²) in [5, 5.41) is 0. The Morgan fingerprint density at radius 2 is 1.48 bits per heavy atom. The second-order valence-corrected chi connectivity index (χ2v) is 8.09. The predicted octanol–water partition coefficient (Wildman–Crippen LogP) is 5.32. The molecule has 3 aromatic carbocycles. The monoisotopic (exact) mass is 388 g/mol. The minimum Gasteiger partial charge on any atom is -0.296 e. The first-order chi connectivity index (χ1) is 14.2. The standard InChI is InChI=1S/C26H29FN2/c1-21(24-13-8-14-25(27)17-24)26-20-28(18-22-9-4-2-5-10-22)15-16-29(26)19-23-11-6-3-7-12-23/h2-14,17,21,26H,15-16,18-20H2,1H3/t21?,26-/m1/s1. The number of nitrogens with zero attached hydrogens (tertiary/aromatic N) is 2. The van der Waals surface area contributed by atoms with Gasteiger partial charge in [0.05, 0.1) is 0 Å². The van der Waals surface area contributed by atoms with Gasteiger partial charge < -0.3 is 0 Å². The topological polar surface area (TPSA) is 6.48 Å². The molecule has 0 bridgehead atoms. The van der Waals surface area contributed by atoms with Crippen molar-refractivity contribution in [2.45, 2.75) is 32.0 Å². The van der Waals surface area contributed by atoms with E-state index in [9.17, 15) is 4.39 Å². The van der Waals surface area contributed by atoms with Crippen LogP contribution in [-0.4, -0.2) is 35.5 Å². The van der Waals surface area contributed by atoms with E-state index in [1.807, 2.05) is 6.07 Å². The molecule has 1 unspecified atom stereocenters. The van der Waals surface area contributed by atoms with Crippen LogP contribution < -0.4 is 0 Å². The summed E-state index contributed by atoms with van der Waals surface area (Å²) < 4.78 is 13.9. The van der Waals surface area contributed by atoms with Crippen molar-refractivity contribution in [2.24, 2.45) is 0 Å². The summed E-state index contributed by atoms with van der Waals surface area (Å²) >= 11 is 0. The van der Waals surface area contributed by atoms with Gasteiger partial charge in [0, 0.05) is 38.8 Å². The summed E-state index contributed by atoms with van der Waals surface area (Å²) in [6.45, 7) is 7.19. The molecule has 0 saturated carbocycles. The molecule has 1 saturated heterocycles. The van der Waals surface area contributed by atoms with E-state index in [-0.39, 0.29) is 11.7 Å². The van der Waals surface area contributed by atoms with Crippen LogP contribution >= 0.6 is 0 Å². The molecule has 1 aliphatic rings. The van der Waals surface area contributed by atoms with Crippen LogP contribution in [-0.2, 0) is 13.1 Å². The van der Waals surface area contributed by atoms with Crippen molar-refractivity contribution in [3.63, 3.8) is 0 Å². The lowest BCUT2D eigenvalue weighted by molar-refractivity contribution is 0.0522. The zero-order chi connectivity index (χ0) is 20.1. The molecule has 0 aromatic heterocycles. The predicted molar refractivity (Wildman–Crippen MR) is 117 cm³/mol. The van der Waals surface area contributed by atoms with Crippen LogP contribution in [0.3, 0.4) is 0 Å². The summed E-state index contributed by atoms with van der Waals surface area (Å²) in [4.78, 5) is 5.11. The van der Waals surface area contributed by atoms with Gasteiger partial charge in [-0.15, -0.1) is 0 Å². The Balaban J connectivity index is 1.54. The van der Waals surface area contributed by atoms with Gasteiger partial charge in [0.1, 0.15) is 5.82 Å². The summed E-state index contributed by atoms with van der Waals surface area (Å²) in [5.41, 5.74) is 3.76. The number of hydrogen-bond acceptors (Lipinski definition) is 2. The lowest BCUT2D eigenvalue weighted by Crippen LogP contribution is -2.54. The maximum atomic E-state index is 13.9. The van der Waals surface area contributed by atoms with Gasteiger partial charge in [-0.3, -0.25) is 9.80 Å². The molecular weight excluding hydrogens is 359 g/mol. The van der Waals surface area contributed by atoms with Gasteiger partial charge in [-0.1, -0.05) is 79.7 Å². The molecule has 0 N–H and O–H groups in total. The van der Waals surface area contributed by atoms with Crippen molar-refractivity contribution in [1.29, 1.82) is 0 Å². The largest absolute Gasteiger partial charge is 0.296 e. The average molecular weight is 389 g/mol. The van der Waals surface area contributed by atoms with Gasteiger partial charge in [-0.05, 0) is 34.7 Å². The Bertz CT molecular complexity index is 897. The van der Waals surface area contributed by atoms with Gasteiger partial charge in [-0.2, -0.15) is 0 Å². The average Bonchev–Trinajstić information content (AvgIpc) is 2.76. The molecule has 0 radical (unpaired) electrons. The summed E-state index contributed by atoms with van der Waals surface area (Å²) in [6.07, 6.45) is 0. The molecule has 0 amide bonds. The molecule has 2 nitrogen and oxygen atoms in total. The highest BCUT2D eigenvalue weighted by Gasteiger charge is 2.31. The minimum absolute atomic E-state index is 0.152. The number of benzene rings is 3. The van der Waals surface area contributed by atoms with Gasteiger partial charge in [-0.25, -0.2) is 4.39 Å². The molecule has 0 aliphatic carbocycles. The third-order valence-corrected chi connectivity index (χ3v) is 6.05. The van der Waals surface area contributed by atoms with E-state index in [4.69, 9.17) is 0 Å². The van der Waals surface area contributed by atoms with Crippen LogP contribution in [0.5, 0.6) is 0 Å². The number of halogens is 1. The second-order valence-electron chi connectivity index (χ2n) is 8.09. The maximum Gasteiger partial charge on any atom is 0.123 e. The van der Waals surface area contributed by atoms with E-state index in [0.29, 0.717) is 6.04 Å². The third kappa shape index (κ3) is 5.11. The summed E-state index contributed by atoms with van der Waals surface area (Å²) in [7, 11) is 0. The molecule has 2 atom stereocenters. The molecule has 150 valence electrons. The Labute approximate surface area is 173 Å². The van der Waals surface area contributed by atoms with Crippen LogP contribution in [0.25, 0.3) is 0 Å². The van der Waals surface area contributed by atoms with Crippen molar-refractivity contribution in [3.05, 3.63) is 107 Å². The third-order valence-electron chi connectivity index (χ3n) is 6.05. The fourth-order valence-electron chi connectivity index (χ4n) is 4.39. The lowest BCUT2D eigenvalue weighted by Gasteiger charge is -2.44. The zero-order valence-corrected chi connectivity index (χ0v) is 17.0.